The Morgan fingerprint density at radius 3 is 1.33 bits per heavy atom. The van der Waals surface area contributed by atoms with Crippen molar-refractivity contribution < 1.29 is 0 Å². The zero-order valence-electron chi connectivity index (χ0n) is 30.0. The maximum absolute atomic E-state index is 2.57. The van der Waals surface area contributed by atoms with Crippen LogP contribution in [0.3, 0.4) is 0 Å². The maximum Gasteiger partial charge on any atom is 0.0720 e. The molecule has 0 N–H and O–H groups in total. The first-order valence-electron chi connectivity index (χ1n) is 19.4. The van der Waals surface area contributed by atoms with E-state index in [0.717, 1.165) is 0 Å². The molecule has 0 saturated carbocycles. The van der Waals surface area contributed by atoms with Gasteiger partial charge in [0.25, 0.3) is 0 Å². The Kier molecular flexibility index (Phi) is 5.56. The number of nitrogens with zero attached hydrogens (tertiary/aromatic N) is 1. The highest BCUT2D eigenvalue weighted by Gasteiger charge is 2.58. The first kappa shape index (κ1) is 29.5. The molecule has 1 aromatic heterocycles. The van der Waals surface area contributed by atoms with Crippen molar-refractivity contribution in [3.8, 4) is 27.9 Å². The summed E-state index contributed by atoms with van der Waals surface area (Å²) >= 11 is 0. The predicted octanol–water partition coefficient (Wildman–Crippen LogP) is 13.0. The maximum atomic E-state index is 2.57. The number of benzene rings is 9. The Bertz CT molecular complexity index is 3170. The molecule has 55 heavy (non-hydrogen) atoms. The smallest absolute Gasteiger partial charge is 0.0720 e. The van der Waals surface area contributed by atoms with Crippen molar-refractivity contribution in [1.29, 1.82) is 0 Å². The SMILES string of the molecule is c1ccc(-n2c3cc4c(cc3c3ccc5ccccc5c32)C2(c3ccccc3-4)c3ccccc3C3(c4ccccc4-c4ccccc43)c3ccccc32)cc1. The number of hydrogen-bond acceptors (Lipinski definition) is 0. The normalized spacial score (nSPS) is 14.8. The van der Waals surface area contributed by atoms with E-state index in [2.05, 4.69) is 205 Å². The van der Waals surface area contributed by atoms with E-state index in [9.17, 15) is 0 Å². The van der Waals surface area contributed by atoms with Gasteiger partial charge in [-0.2, -0.15) is 0 Å². The van der Waals surface area contributed by atoms with E-state index < -0.39 is 10.8 Å². The van der Waals surface area contributed by atoms with Crippen LogP contribution in [0.2, 0.25) is 0 Å². The van der Waals surface area contributed by atoms with Crippen molar-refractivity contribution in [2.45, 2.75) is 10.8 Å². The van der Waals surface area contributed by atoms with Crippen LogP contribution in [-0.4, -0.2) is 4.57 Å². The first-order chi connectivity index (χ1) is 27.3. The second-order valence-electron chi connectivity index (χ2n) is 15.5. The zero-order valence-corrected chi connectivity index (χ0v) is 30.0. The molecular weight excluding hydrogens is 663 g/mol. The molecule has 3 aliphatic rings. The molecule has 2 spiro atoms. The summed E-state index contributed by atoms with van der Waals surface area (Å²) in [6.07, 6.45) is 0. The van der Waals surface area contributed by atoms with Crippen molar-refractivity contribution in [2.75, 3.05) is 0 Å². The third-order valence-electron chi connectivity index (χ3n) is 13.3. The average molecular weight is 696 g/mol. The summed E-state index contributed by atoms with van der Waals surface area (Å²) in [5.41, 5.74) is 18.9. The highest BCUT2D eigenvalue weighted by molar-refractivity contribution is 6.20. The second kappa shape index (κ2) is 10.4. The number of aromatic nitrogens is 1. The van der Waals surface area contributed by atoms with Crippen LogP contribution in [-0.2, 0) is 10.8 Å². The second-order valence-corrected chi connectivity index (χ2v) is 15.5. The van der Waals surface area contributed by atoms with Crippen LogP contribution >= 0.6 is 0 Å². The number of fused-ring (bicyclic) bond motifs is 21. The summed E-state index contributed by atoms with van der Waals surface area (Å²) in [5, 5.41) is 5.08. The summed E-state index contributed by atoms with van der Waals surface area (Å²) in [6, 6.07) is 75.7. The van der Waals surface area contributed by atoms with Crippen molar-refractivity contribution in [3.63, 3.8) is 0 Å². The van der Waals surface area contributed by atoms with E-state index in [-0.39, 0.29) is 0 Å². The van der Waals surface area contributed by atoms with Gasteiger partial charge in [-0.15, -0.1) is 0 Å². The molecule has 0 aliphatic heterocycles. The summed E-state index contributed by atoms with van der Waals surface area (Å²) in [7, 11) is 0. The molecule has 9 aromatic carbocycles. The number of rotatable bonds is 1. The van der Waals surface area contributed by atoms with Crippen LogP contribution in [0.4, 0.5) is 0 Å². The van der Waals surface area contributed by atoms with Gasteiger partial charge in [0.05, 0.1) is 21.9 Å². The van der Waals surface area contributed by atoms with Gasteiger partial charge in [0.2, 0.25) is 0 Å². The van der Waals surface area contributed by atoms with Crippen LogP contribution in [0, 0.1) is 0 Å². The molecule has 0 bridgehead atoms. The third kappa shape index (κ3) is 3.38. The Morgan fingerprint density at radius 2 is 0.745 bits per heavy atom. The summed E-state index contributed by atoms with van der Waals surface area (Å²) in [4.78, 5) is 0. The molecule has 3 aliphatic carbocycles. The van der Waals surface area contributed by atoms with E-state index in [0.29, 0.717) is 0 Å². The molecule has 0 atom stereocenters. The lowest BCUT2D eigenvalue weighted by Crippen LogP contribution is -2.43. The standard InChI is InChI=1S/C54H33N/c1-2-17-35(18-3-1)55-51-33-41-39-22-8-11-25-45(39)54(50(41)32-42(51)40-31-30-34-16-4-5-19-36(34)52(40)55)48-28-14-12-26-46(48)53(47-27-13-15-29-49(47)54)43-23-9-6-20-37(43)38-21-7-10-24-44(38)53/h1-33H. The lowest BCUT2D eigenvalue weighted by Gasteiger charge is -2.48. The highest BCUT2D eigenvalue weighted by Crippen LogP contribution is 2.67. The van der Waals surface area contributed by atoms with Crippen molar-refractivity contribution >= 4 is 32.6 Å². The van der Waals surface area contributed by atoms with E-state index in [4.69, 9.17) is 0 Å². The highest BCUT2D eigenvalue weighted by atomic mass is 15.0. The average Bonchev–Trinajstić information content (AvgIpc) is 3.85. The predicted molar refractivity (Wildman–Crippen MR) is 226 cm³/mol. The fourth-order valence-electron chi connectivity index (χ4n) is 11.4. The van der Waals surface area contributed by atoms with Gasteiger partial charge in [-0.05, 0) is 96.4 Å². The molecule has 0 fully saturated rings. The lowest BCUT2D eigenvalue weighted by molar-refractivity contribution is 0.633. The zero-order chi connectivity index (χ0) is 35.9. The minimum atomic E-state index is -0.525. The molecular formula is C54H33N. The van der Waals surface area contributed by atoms with Gasteiger partial charge >= 0.3 is 0 Å². The molecule has 1 nitrogen and oxygen atoms in total. The van der Waals surface area contributed by atoms with Gasteiger partial charge in [-0.1, -0.05) is 176 Å². The van der Waals surface area contributed by atoms with E-state index in [1.807, 2.05) is 0 Å². The van der Waals surface area contributed by atoms with Gasteiger partial charge in [-0.25, -0.2) is 0 Å². The van der Waals surface area contributed by atoms with E-state index in [1.165, 1.54) is 105 Å². The Hall–Kier alpha value is -6.96. The Balaban J connectivity index is 1.22. The van der Waals surface area contributed by atoms with E-state index >= 15 is 0 Å². The lowest BCUT2D eigenvalue weighted by atomic mass is 9.52. The van der Waals surface area contributed by atoms with Crippen LogP contribution in [0.1, 0.15) is 44.5 Å². The summed E-state index contributed by atoms with van der Waals surface area (Å²) in [6.45, 7) is 0. The van der Waals surface area contributed by atoms with Crippen molar-refractivity contribution in [1.82, 2.24) is 4.57 Å². The topological polar surface area (TPSA) is 4.93 Å². The molecule has 1 heterocycles. The van der Waals surface area contributed by atoms with Crippen LogP contribution in [0.25, 0.3) is 60.5 Å². The van der Waals surface area contributed by atoms with Crippen molar-refractivity contribution in [2.24, 2.45) is 0 Å². The molecule has 10 aromatic rings. The van der Waals surface area contributed by atoms with E-state index in [1.54, 1.807) is 0 Å². The van der Waals surface area contributed by atoms with Gasteiger partial charge in [0, 0.05) is 21.8 Å². The monoisotopic (exact) mass is 695 g/mol. The summed E-state index contributed by atoms with van der Waals surface area (Å²) < 4.78 is 2.50. The van der Waals surface area contributed by atoms with Crippen LogP contribution in [0.15, 0.2) is 200 Å². The fraction of sp³-hybridized carbons (Fsp3) is 0.0370. The van der Waals surface area contributed by atoms with Gasteiger partial charge in [0.1, 0.15) is 0 Å². The molecule has 0 saturated heterocycles. The molecule has 0 unspecified atom stereocenters. The Morgan fingerprint density at radius 1 is 0.291 bits per heavy atom. The minimum absolute atomic E-state index is 0.449. The molecule has 0 amide bonds. The molecule has 0 radical (unpaired) electrons. The molecule has 254 valence electrons. The molecule has 13 rings (SSSR count). The number of para-hydroxylation sites is 1. The van der Waals surface area contributed by atoms with Crippen LogP contribution < -0.4 is 0 Å². The van der Waals surface area contributed by atoms with Crippen molar-refractivity contribution in [3.05, 3.63) is 245 Å². The van der Waals surface area contributed by atoms with Gasteiger partial charge in [-0.3, -0.25) is 0 Å². The quantitative estimate of drug-likeness (QED) is 0.161. The van der Waals surface area contributed by atoms with Crippen LogP contribution in [0.5, 0.6) is 0 Å². The minimum Gasteiger partial charge on any atom is -0.309 e. The summed E-state index contributed by atoms with van der Waals surface area (Å²) in [5.74, 6) is 0. The largest absolute Gasteiger partial charge is 0.309 e. The fourth-order valence-corrected chi connectivity index (χ4v) is 11.4. The van der Waals surface area contributed by atoms with Gasteiger partial charge < -0.3 is 4.57 Å². The van der Waals surface area contributed by atoms with Gasteiger partial charge in [0.15, 0.2) is 0 Å². The third-order valence-corrected chi connectivity index (χ3v) is 13.3. The Labute approximate surface area is 319 Å². The number of hydrogen-bond donors (Lipinski definition) is 0. The molecule has 1 heteroatoms. The first-order valence-corrected chi connectivity index (χ1v) is 19.4.